The number of nitrogens with two attached hydrogens (primary N) is 1. The van der Waals surface area contributed by atoms with Crippen LogP contribution in [-0.4, -0.2) is 11.2 Å². The normalized spacial score (nSPS) is 12.2. The van der Waals surface area contributed by atoms with Gasteiger partial charge in [-0.05, 0) is 37.2 Å². The summed E-state index contributed by atoms with van der Waals surface area (Å²) in [7, 11) is 0. The third kappa shape index (κ3) is 3.93. The van der Waals surface area contributed by atoms with E-state index in [9.17, 15) is 8.78 Å². The summed E-state index contributed by atoms with van der Waals surface area (Å²) < 4.78 is 31.7. The molecule has 0 saturated carbocycles. The number of ether oxygens (including phenoxy) is 1. The zero-order chi connectivity index (χ0) is 13.0. The number of benzene rings is 1. The fourth-order valence-corrected chi connectivity index (χ4v) is 1.57. The quantitative estimate of drug-likeness (QED) is 0.666. The molecule has 1 rings (SSSR count). The van der Waals surface area contributed by atoms with Gasteiger partial charge in [-0.1, -0.05) is 6.92 Å². The number of rotatable bonds is 4. The van der Waals surface area contributed by atoms with E-state index < -0.39 is 11.6 Å². The molecule has 0 aliphatic heterocycles. The highest BCUT2D eigenvalue weighted by atomic mass is 32.1. The van der Waals surface area contributed by atoms with E-state index in [1.165, 1.54) is 6.07 Å². The molecular weight excluding hydrogens is 244 g/mol. The summed E-state index contributed by atoms with van der Waals surface area (Å²) in [4.78, 5) is 0. The van der Waals surface area contributed by atoms with Gasteiger partial charge in [-0.15, -0.1) is 0 Å². The topological polar surface area (TPSA) is 35.2 Å². The summed E-state index contributed by atoms with van der Waals surface area (Å²) in [5.74, 6) is -1.42. The van der Waals surface area contributed by atoms with E-state index in [0.717, 1.165) is 12.5 Å². The highest BCUT2D eigenvalue weighted by molar-refractivity contribution is 7.80. The lowest BCUT2D eigenvalue weighted by molar-refractivity contribution is 0.205. The van der Waals surface area contributed by atoms with Gasteiger partial charge in [-0.2, -0.15) is 0 Å². The number of halogens is 2. The lowest BCUT2D eigenvalue weighted by atomic mass is 10.1. The van der Waals surface area contributed by atoms with Crippen molar-refractivity contribution in [2.45, 2.75) is 32.8 Å². The third-order valence-corrected chi connectivity index (χ3v) is 2.65. The lowest BCUT2D eigenvalue weighted by Gasteiger charge is -2.13. The Bertz CT molecular complexity index is 423. The van der Waals surface area contributed by atoms with Gasteiger partial charge in [-0.3, -0.25) is 0 Å². The van der Waals surface area contributed by atoms with Crippen LogP contribution < -0.4 is 5.73 Å². The van der Waals surface area contributed by atoms with Crippen LogP contribution in [0.5, 0.6) is 0 Å². The van der Waals surface area contributed by atoms with Crippen molar-refractivity contribution in [2.75, 3.05) is 5.73 Å². The molecule has 0 saturated heterocycles. The third-order valence-electron chi connectivity index (χ3n) is 2.41. The van der Waals surface area contributed by atoms with Crippen molar-refractivity contribution in [3.05, 3.63) is 29.3 Å². The van der Waals surface area contributed by atoms with Gasteiger partial charge >= 0.3 is 0 Å². The second kappa shape index (κ2) is 5.91. The van der Waals surface area contributed by atoms with E-state index in [1.807, 2.05) is 13.8 Å². The molecule has 0 bridgehead atoms. The standard InChI is InChI=1S/C12H15F2NOS/c1-3-7(2)16-12(17)5-8-4-11(15)10(14)6-9(8)13/h4,6-7H,3,5,15H2,1-2H3. The first kappa shape index (κ1) is 13.8. The van der Waals surface area contributed by atoms with Crippen molar-refractivity contribution in [3.8, 4) is 0 Å². The average molecular weight is 259 g/mol. The smallest absolute Gasteiger partial charge is 0.164 e. The van der Waals surface area contributed by atoms with Gasteiger partial charge in [0.2, 0.25) is 0 Å². The Hall–Kier alpha value is -1.23. The van der Waals surface area contributed by atoms with Crippen LogP contribution in [0, 0.1) is 11.6 Å². The van der Waals surface area contributed by atoms with Crippen LogP contribution in [0.15, 0.2) is 12.1 Å². The summed E-state index contributed by atoms with van der Waals surface area (Å²) in [6, 6.07) is 2.01. The van der Waals surface area contributed by atoms with Crippen molar-refractivity contribution < 1.29 is 13.5 Å². The SMILES string of the molecule is CCC(C)OC(=S)Cc1cc(N)c(F)cc1F. The second-order valence-corrected chi connectivity index (χ2v) is 4.31. The van der Waals surface area contributed by atoms with Gasteiger partial charge in [0.25, 0.3) is 0 Å². The Morgan fingerprint density at radius 1 is 1.41 bits per heavy atom. The molecule has 0 fully saturated rings. The second-order valence-electron chi connectivity index (χ2n) is 3.85. The number of anilines is 1. The summed E-state index contributed by atoms with van der Waals surface area (Å²) in [5.41, 5.74) is 5.52. The van der Waals surface area contributed by atoms with Crippen LogP contribution in [0.4, 0.5) is 14.5 Å². The molecule has 1 unspecified atom stereocenters. The van der Waals surface area contributed by atoms with Gasteiger partial charge in [0.15, 0.2) is 5.05 Å². The molecule has 1 atom stereocenters. The minimum atomic E-state index is -0.764. The fraction of sp³-hybridized carbons (Fsp3) is 0.417. The van der Waals surface area contributed by atoms with E-state index in [0.29, 0.717) is 0 Å². The van der Waals surface area contributed by atoms with Gasteiger partial charge in [0.05, 0.1) is 11.8 Å². The highest BCUT2D eigenvalue weighted by Crippen LogP contribution is 2.18. The fourth-order valence-electron chi connectivity index (χ4n) is 1.25. The van der Waals surface area contributed by atoms with Crippen LogP contribution in [-0.2, 0) is 11.2 Å². The van der Waals surface area contributed by atoms with Gasteiger partial charge < -0.3 is 10.5 Å². The summed E-state index contributed by atoms with van der Waals surface area (Å²) >= 11 is 4.99. The Morgan fingerprint density at radius 3 is 2.65 bits per heavy atom. The van der Waals surface area contributed by atoms with Crippen molar-refractivity contribution in [1.29, 1.82) is 0 Å². The maximum absolute atomic E-state index is 13.4. The molecule has 94 valence electrons. The Morgan fingerprint density at radius 2 is 2.06 bits per heavy atom. The van der Waals surface area contributed by atoms with Gasteiger partial charge in [0.1, 0.15) is 11.6 Å². The summed E-state index contributed by atoms with van der Waals surface area (Å²) in [5, 5.41) is 0.282. The first-order valence-electron chi connectivity index (χ1n) is 5.37. The molecule has 1 aromatic rings. The minimum absolute atomic E-state index is 0.0108. The van der Waals surface area contributed by atoms with E-state index in [4.69, 9.17) is 22.7 Å². The van der Waals surface area contributed by atoms with Crippen molar-refractivity contribution in [2.24, 2.45) is 0 Å². The number of hydrogen-bond acceptors (Lipinski definition) is 3. The Kier molecular flexibility index (Phi) is 4.81. The van der Waals surface area contributed by atoms with E-state index in [1.54, 1.807) is 0 Å². The summed E-state index contributed by atoms with van der Waals surface area (Å²) in [6.07, 6.45) is 0.924. The van der Waals surface area contributed by atoms with Crippen molar-refractivity contribution in [3.63, 3.8) is 0 Å². The maximum atomic E-state index is 13.4. The Labute approximate surface area is 105 Å². The van der Waals surface area contributed by atoms with Crippen molar-refractivity contribution in [1.82, 2.24) is 0 Å². The van der Waals surface area contributed by atoms with Crippen LogP contribution in [0.25, 0.3) is 0 Å². The van der Waals surface area contributed by atoms with Crippen molar-refractivity contribution >= 4 is 23.0 Å². The highest BCUT2D eigenvalue weighted by Gasteiger charge is 2.11. The first-order chi connectivity index (χ1) is 7.93. The molecule has 17 heavy (non-hydrogen) atoms. The monoisotopic (exact) mass is 259 g/mol. The largest absolute Gasteiger partial charge is 0.484 e. The van der Waals surface area contributed by atoms with E-state index in [2.05, 4.69) is 0 Å². The van der Waals surface area contributed by atoms with Gasteiger partial charge in [0, 0.05) is 12.5 Å². The first-order valence-corrected chi connectivity index (χ1v) is 5.77. The maximum Gasteiger partial charge on any atom is 0.164 e. The van der Waals surface area contributed by atoms with E-state index >= 15 is 0 Å². The molecule has 0 amide bonds. The lowest BCUT2D eigenvalue weighted by Crippen LogP contribution is -2.15. The molecular formula is C12H15F2NOS. The zero-order valence-corrected chi connectivity index (χ0v) is 10.6. The molecule has 2 nitrogen and oxygen atoms in total. The van der Waals surface area contributed by atoms with Crippen LogP contribution in [0.3, 0.4) is 0 Å². The molecule has 0 radical (unpaired) electrons. The molecule has 5 heteroatoms. The van der Waals surface area contributed by atoms with Crippen LogP contribution >= 0.6 is 12.2 Å². The number of nitrogen functional groups attached to an aromatic ring is 1. The molecule has 0 heterocycles. The predicted molar refractivity (Wildman–Crippen MR) is 67.9 cm³/mol. The minimum Gasteiger partial charge on any atom is -0.484 e. The number of hydrogen-bond donors (Lipinski definition) is 1. The van der Waals surface area contributed by atoms with Crippen LogP contribution in [0.1, 0.15) is 25.8 Å². The molecule has 1 aromatic carbocycles. The molecule has 2 N–H and O–H groups in total. The van der Waals surface area contributed by atoms with Gasteiger partial charge in [-0.25, -0.2) is 8.78 Å². The summed E-state index contributed by atoms with van der Waals surface area (Å²) in [6.45, 7) is 3.84. The average Bonchev–Trinajstić information content (AvgIpc) is 2.25. The molecule has 0 aliphatic carbocycles. The molecule has 0 spiro atoms. The zero-order valence-electron chi connectivity index (χ0n) is 9.80. The predicted octanol–water partition coefficient (Wildman–Crippen LogP) is 3.23. The molecule has 0 aromatic heterocycles. The Balaban J connectivity index is 2.75. The van der Waals surface area contributed by atoms with Crippen LogP contribution in [0.2, 0.25) is 0 Å². The van der Waals surface area contributed by atoms with E-state index in [-0.39, 0.29) is 28.8 Å². The number of thiocarbonyl (C=S) groups is 1. The molecule has 0 aliphatic rings.